The van der Waals surface area contributed by atoms with Crippen LogP contribution in [0.15, 0.2) is 42.5 Å². The molecule has 0 saturated heterocycles. The Morgan fingerprint density at radius 1 is 1.25 bits per heavy atom. The maximum absolute atomic E-state index is 13.1. The molecular weight excluding hydrogens is 261 g/mol. The molecule has 2 aromatic rings. The quantitative estimate of drug-likeness (QED) is 0.842. The first-order valence-electron chi connectivity index (χ1n) is 5.99. The van der Waals surface area contributed by atoms with Gasteiger partial charge in [0.15, 0.2) is 0 Å². The zero-order valence-corrected chi connectivity index (χ0v) is 10.9. The molecule has 0 aromatic heterocycles. The van der Waals surface area contributed by atoms with Gasteiger partial charge < -0.3 is 15.2 Å². The standard InChI is InChI=1S/C15H14FNO3/c1-20-15(19)11-2-4-13(5-3-11)17-9-10-6-12(16)8-14(18)7-10/h2-8,17-18H,9H2,1H3. The summed E-state index contributed by atoms with van der Waals surface area (Å²) >= 11 is 0. The van der Waals surface area contributed by atoms with Crippen molar-refractivity contribution in [1.29, 1.82) is 0 Å². The number of phenols is 1. The molecule has 0 heterocycles. The molecule has 0 bridgehead atoms. The monoisotopic (exact) mass is 275 g/mol. The molecular formula is C15H14FNO3. The van der Waals surface area contributed by atoms with Gasteiger partial charge in [0.1, 0.15) is 11.6 Å². The maximum Gasteiger partial charge on any atom is 0.337 e. The molecule has 2 rings (SSSR count). The van der Waals surface area contributed by atoms with Gasteiger partial charge in [-0.1, -0.05) is 0 Å². The Kier molecular flexibility index (Phi) is 4.20. The Labute approximate surface area is 115 Å². The highest BCUT2D eigenvalue weighted by atomic mass is 19.1. The van der Waals surface area contributed by atoms with E-state index in [1.807, 2.05) is 0 Å². The molecule has 0 aliphatic rings. The number of phenolic OH excluding ortho intramolecular Hbond substituents is 1. The van der Waals surface area contributed by atoms with Crippen LogP contribution in [0.1, 0.15) is 15.9 Å². The number of hydrogen-bond donors (Lipinski definition) is 2. The molecule has 4 nitrogen and oxygen atoms in total. The van der Waals surface area contributed by atoms with Gasteiger partial charge in [-0.3, -0.25) is 0 Å². The summed E-state index contributed by atoms with van der Waals surface area (Å²) in [5.41, 5.74) is 1.86. The van der Waals surface area contributed by atoms with Crippen LogP contribution in [-0.2, 0) is 11.3 Å². The minimum Gasteiger partial charge on any atom is -0.508 e. The number of halogens is 1. The van der Waals surface area contributed by atoms with Crippen molar-refractivity contribution in [2.24, 2.45) is 0 Å². The van der Waals surface area contributed by atoms with Crippen LogP contribution in [0.3, 0.4) is 0 Å². The second-order valence-corrected chi connectivity index (χ2v) is 4.24. The van der Waals surface area contributed by atoms with E-state index < -0.39 is 11.8 Å². The number of methoxy groups -OCH3 is 1. The maximum atomic E-state index is 13.1. The lowest BCUT2D eigenvalue weighted by molar-refractivity contribution is 0.0601. The third-order valence-corrected chi connectivity index (χ3v) is 2.74. The smallest absolute Gasteiger partial charge is 0.337 e. The van der Waals surface area contributed by atoms with Crippen molar-refractivity contribution in [2.45, 2.75) is 6.54 Å². The zero-order valence-electron chi connectivity index (χ0n) is 10.9. The lowest BCUT2D eigenvalue weighted by Crippen LogP contribution is -2.03. The van der Waals surface area contributed by atoms with Crippen molar-refractivity contribution in [3.63, 3.8) is 0 Å². The van der Waals surface area contributed by atoms with Crippen LogP contribution < -0.4 is 5.32 Å². The molecule has 0 spiro atoms. The van der Waals surface area contributed by atoms with E-state index in [-0.39, 0.29) is 5.75 Å². The summed E-state index contributed by atoms with van der Waals surface area (Å²) in [5.74, 6) is -0.989. The summed E-state index contributed by atoms with van der Waals surface area (Å²) in [6.45, 7) is 0.364. The predicted molar refractivity (Wildman–Crippen MR) is 73.2 cm³/mol. The van der Waals surface area contributed by atoms with E-state index in [1.54, 1.807) is 24.3 Å². The number of anilines is 1. The Bertz CT molecular complexity index is 591. The Morgan fingerprint density at radius 3 is 2.55 bits per heavy atom. The van der Waals surface area contributed by atoms with Crippen LogP contribution in [0.2, 0.25) is 0 Å². The van der Waals surface area contributed by atoms with Crippen molar-refractivity contribution in [1.82, 2.24) is 0 Å². The lowest BCUT2D eigenvalue weighted by Gasteiger charge is -2.08. The fourth-order valence-electron chi connectivity index (χ4n) is 1.78. The third-order valence-electron chi connectivity index (χ3n) is 2.74. The van der Waals surface area contributed by atoms with E-state index in [1.165, 1.54) is 19.2 Å². The molecule has 0 aliphatic heterocycles. The molecule has 2 N–H and O–H groups in total. The molecule has 0 unspecified atom stereocenters. The van der Waals surface area contributed by atoms with Gasteiger partial charge in [0, 0.05) is 18.3 Å². The van der Waals surface area contributed by atoms with Crippen LogP contribution in [0, 0.1) is 5.82 Å². The first-order chi connectivity index (χ1) is 9.58. The normalized spacial score (nSPS) is 10.1. The molecule has 0 saturated carbocycles. The molecule has 0 radical (unpaired) electrons. The van der Waals surface area contributed by atoms with E-state index in [0.29, 0.717) is 17.7 Å². The number of ether oxygens (including phenoxy) is 1. The van der Waals surface area contributed by atoms with Gasteiger partial charge >= 0.3 is 5.97 Å². The second-order valence-electron chi connectivity index (χ2n) is 4.24. The van der Waals surface area contributed by atoms with Crippen LogP contribution in [0.4, 0.5) is 10.1 Å². The number of nitrogens with one attached hydrogen (secondary N) is 1. The summed E-state index contributed by atoms with van der Waals surface area (Å²) in [4.78, 5) is 11.3. The van der Waals surface area contributed by atoms with Gasteiger partial charge in [-0.2, -0.15) is 0 Å². The topological polar surface area (TPSA) is 58.6 Å². The van der Waals surface area contributed by atoms with Crippen molar-refractivity contribution < 1.29 is 19.0 Å². The van der Waals surface area contributed by atoms with Crippen molar-refractivity contribution in [2.75, 3.05) is 12.4 Å². The molecule has 2 aromatic carbocycles. The summed E-state index contributed by atoms with van der Waals surface area (Å²) in [5, 5.41) is 12.4. The number of hydrogen-bond acceptors (Lipinski definition) is 4. The minimum absolute atomic E-state index is 0.108. The van der Waals surface area contributed by atoms with Gasteiger partial charge in [0.05, 0.1) is 12.7 Å². The summed E-state index contributed by atoms with van der Waals surface area (Å²) < 4.78 is 17.7. The van der Waals surface area contributed by atoms with Gasteiger partial charge in [-0.25, -0.2) is 9.18 Å². The van der Waals surface area contributed by atoms with Crippen LogP contribution in [0.5, 0.6) is 5.75 Å². The number of carbonyl (C=O) groups excluding carboxylic acids is 1. The number of benzene rings is 2. The lowest BCUT2D eigenvalue weighted by atomic mass is 10.2. The van der Waals surface area contributed by atoms with Crippen LogP contribution in [-0.4, -0.2) is 18.2 Å². The average Bonchev–Trinajstić information content (AvgIpc) is 2.44. The van der Waals surface area contributed by atoms with E-state index in [4.69, 9.17) is 0 Å². The number of aromatic hydroxyl groups is 1. The molecule has 5 heteroatoms. The molecule has 0 atom stereocenters. The molecule has 20 heavy (non-hydrogen) atoms. The summed E-state index contributed by atoms with van der Waals surface area (Å²) in [6, 6.07) is 10.6. The fraction of sp³-hybridized carbons (Fsp3) is 0.133. The number of carbonyl (C=O) groups is 1. The highest BCUT2D eigenvalue weighted by Crippen LogP contribution is 2.17. The van der Waals surface area contributed by atoms with Gasteiger partial charge in [0.2, 0.25) is 0 Å². The molecule has 0 amide bonds. The van der Waals surface area contributed by atoms with E-state index in [9.17, 15) is 14.3 Å². The van der Waals surface area contributed by atoms with Crippen molar-refractivity contribution in [3.8, 4) is 5.75 Å². The van der Waals surface area contributed by atoms with E-state index in [0.717, 1.165) is 11.8 Å². The largest absolute Gasteiger partial charge is 0.508 e. The zero-order chi connectivity index (χ0) is 14.5. The summed E-state index contributed by atoms with van der Waals surface area (Å²) in [7, 11) is 1.32. The Morgan fingerprint density at radius 2 is 1.95 bits per heavy atom. The van der Waals surface area contributed by atoms with Crippen LogP contribution in [0.25, 0.3) is 0 Å². The highest BCUT2D eigenvalue weighted by Gasteiger charge is 2.04. The number of rotatable bonds is 4. The van der Waals surface area contributed by atoms with E-state index >= 15 is 0 Å². The fourth-order valence-corrected chi connectivity index (χ4v) is 1.78. The average molecular weight is 275 g/mol. The molecule has 104 valence electrons. The minimum atomic E-state index is -0.483. The van der Waals surface area contributed by atoms with Crippen LogP contribution >= 0.6 is 0 Å². The number of esters is 1. The summed E-state index contributed by atoms with van der Waals surface area (Å²) in [6.07, 6.45) is 0. The first kappa shape index (κ1) is 13.9. The van der Waals surface area contributed by atoms with Gasteiger partial charge in [0.25, 0.3) is 0 Å². The molecule has 0 fully saturated rings. The molecule has 0 aliphatic carbocycles. The first-order valence-corrected chi connectivity index (χ1v) is 5.99. The van der Waals surface area contributed by atoms with E-state index in [2.05, 4.69) is 10.1 Å². The highest BCUT2D eigenvalue weighted by molar-refractivity contribution is 5.89. The van der Waals surface area contributed by atoms with Crippen molar-refractivity contribution >= 4 is 11.7 Å². The van der Waals surface area contributed by atoms with Crippen molar-refractivity contribution in [3.05, 3.63) is 59.4 Å². The van der Waals surface area contributed by atoms with Gasteiger partial charge in [-0.05, 0) is 42.0 Å². The second kappa shape index (κ2) is 6.06. The third kappa shape index (κ3) is 3.47. The Balaban J connectivity index is 2.02. The predicted octanol–water partition coefficient (Wildman–Crippen LogP) is 2.93. The Hall–Kier alpha value is -2.56. The SMILES string of the molecule is COC(=O)c1ccc(NCc2cc(O)cc(F)c2)cc1. The van der Waals surface area contributed by atoms with Gasteiger partial charge in [-0.15, -0.1) is 0 Å².